The topological polar surface area (TPSA) is 50.4 Å². The summed E-state index contributed by atoms with van der Waals surface area (Å²) in [6.07, 6.45) is 0. The summed E-state index contributed by atoms with van der Waals surface area (Å²) in [7, 11) is 1.60. The summed E-state index contributed by atoms with van der Waals surface area (Å²) in [5.41, 5.74) is 1.33. The lowest BCUT2D eigenvalue weighted by atomic mass is 10.0. The highest BCUT2D eigenvalue weighted by molar-refractivity contribution is 9.10. The van der Waals surface area contributed by atoms with E-state index in [9.17, 15) is 4.79 Å². The summed E-state index contributed by atoms with van der Waals surface area (Å²) in [4.78, 5) is 12.6. The standard InChI is InChI=1S/C19H15BrN2O2S/c1-24-17-10-9-13(11-16(17)20)21-19(25)22-18(23)15-8-4-6-12-5-2-3-7-14(12)15/h2-11H,1H3,(H2,21,22,23,25). The highest BCUT2D eigenvalue weighted by atomic mass is 79.9. The minimum absolute atomic E-state index is 0.231. The Hall–Kier alpha value is -2.44. The van der Waals surface area contributed by atoms with Crippen molar-refractivity contribution < 1.29 is 9.53 Å². The first-order valence-electron chi connectivity index (χ1n) is 7.52. The van der Waals surface area contributed by atoms with Gasteiger partial charge in [-0.25, -0.2) is 0 Å². The maximum absolute atomic E-state index is 12.6. The Labute approximate surface area is 159 Å². The molecule has 0 bridgehead atoms. The SMILES string of the molecule is COc1ccc(NC(=S)NC(=O)c2cccc3ccccc23)cc1Br. The molecule has 0 aliphatic heterocycles. The zero-order valence-corrected chi connectivity index (χ0v) is 15.8. The average Bonchev–Trinajstić information content (AvgIpc) is 2.61. The molecule has 2 N–H and O–H groups in total. The van der Waals surface area contributed by atoms with Crippen LogP contribution in [-0.2, 0) is 0 Å². The number of amides is 1. The lowest BCUT2D eigenvalue weighted by Crippen LogP contribution is -2.34. The van der Waals surface area contributed by atoms with Crippen molar-refractivity contribution in [1.29, 1.82) is 0 Å². The molecule has 0 unspecified atom stereocenters. The third-order valence-electron chi connectivity index (χ3n) is 3.67. The number of benzene rings is 3. The Morgan fingerprint density at radius 2 is 1.84 bits per heavy atom. The van der Waals surface area contributed by atoms with E-state index in [-0.39, 0.29) is 11.0 Å². The van der Waals surface area contributed by atoms with Crippen LogP contribution < -0.4 is 15.4 Å². The fraction of sp³-hybridized carbons (Fsp3) is 0.0526. The number of rotatable bonds is 3. The normalized spacial score (nSPS) is 10.3. The van der Waals surface area contributed by atoms with Gasteiger partial charge in [-0.3, -0.25) is 10.1 Å². The monoisotopic (exact) mass is 414 g/mol. The van der Waals surface area contributed by atoms with Crippen molar-refractivity contribution in [3.05, 3.63) is 70.7 Å². The third-order valence-corrected chi connectivity index (χ3v) is 4.49. The molecule has 6 heteroatoms. The van der Waals surface area contributed by atoms with E-state index in [1.54, 1.807) is 13.2 Å². The quantitative estimate of drug-likeness (QED) is 0.607. The number of anilines is 1. The van der Waals surface area contributed by atoms with Crippen LogP contribution in [0.15, 0.2) is 65.1 Å². The zero-order valence-electron chi connectivity index (χ0n) is 13.4. The molecule has 0 aliphatic rings. The molecule has 0 atom stereocenters. The van der Waals surface area contributed by atoms with Gasteiger partial charge in [0.05, 0.1) is 11.6 Å². The largest absolute Gasteiger partial charge is 0.496 e. The number of carbonyl (C=O) groups is 1. The highest BCUT2D eigenvalue weighted by Crippen LogP contribution is 2.27. The van der Waals surface area contributed by atoms with E-state index in [1.807, 2.05) is 54.6 Å². The molecule has 4 nitrogen and oxygen atoms in total. The maximum atomic E-state index is 12.6. The van der Waals surface area contributed by atoms with Crippen molar-refractivity contribution >= 4 is 55.6 Å². The van der Waals surface area contributed by atoms with E-state index in [4.69, 9.17) is 17.0 Å². The van der Waals surface area contributed by atoms with Crippen LogP contribution in [-0.4, -0.2) is 18.1 Å². The highest BCUT2D eigenvalue weighted by Gasteiger charge is 2.11. The first-order chi connectivity index (χ1) is 12.1. The molecule has 0 fully saturated rings. The molecule has 0 saturated heterocycles. The number of fused-ring (bicyclic) bond motifs is 1. The van der Waals surface area contributed by atoms with E-state index in [0.29, 0.717) is 5.56 Å². The van der Waals surface area contributed by atoms with Gasteiger partial charge < -0.3 is 10.1 Å². The fourth-order valence-electron chi connectivity index (χ4n) is 2.50. The molecule has 3 aromatic carbocycles. The molecule has 1 amide bonds. The number of hydrogen-bond acceptors (Lipinski definition) is 3. The Morgan fingerprint density at radius 1 is 1.08 bits per heavy atom. The van der Waals surface area contributed by atoms with Crippen molar-refractivity contribution in [3.63, 3.8) is 0 Å². The van der Waals surface area contributed by atoms with Crippen molar-refractivity contribution in [2.24, 2.45) is 0 Å². The van der Waals surface area contributed by atoms with Gasteiger partial charge in [-0.05, 0) is 63.2 Å². The Kier molecular flexibility index (Phi) is 5.31. The van der Waals surface area contributed by atoms with Gasteiger partial charge in [0.25, 0.3) is 5.91 Å². The molecule has 0 aromatic heterocycles. The number of nitrogens with one attached hydrogen (secondary N) is 2. The summed E-state index contributed by atoms with van der Waals surface area (Å²) in [5, 5.41) is 7.84. The van der Waals surface area contributed by atoms with Crippen LogP contribution in [0.4, 0.5) is 5.69 Å². The molecule has 3 aromatic rings. The minimum atomic E-state index is -0.248. The van der Waals surface area contributed by atoms with Crippen LogP contribution in [0.5, 0.6) is 5.75 Å². The summed E-state index contributed by atoms with van der Waals surface area (Å²) in [6.45, 7) is 0. The molecule has 25 heavy (non-hydrogen) atoms. The molecule has 0 radical (unpaired) electrons. The average molecular weight is 415 g/mol. The van der Waals surface area contributed by atoms with E-state index < -0.39 is 0 Å². The van der Waals surface area contributed by atoms with Gasteiger partial charge in [0.2, 0.25) is 0 Å². The zero-order chi connectivity index (χ0) is 17.8. The lowest BCUT2D eigenvalue weighted by molar-refractivity contribution is 0.0979. The molecule has 0 saturated carbocycles. The summed E-state index contributed by atoms with van der Waals surface area (Å²) in [6, 6.07) is 18.8. The lowest BCUT2D eigenvalue weighted by Gasteiger charge is -2.12. The van der Waals surface area contributed by atoms with Crippen LogP contribution in [0.3, 0.4) is 0 Å². The van der Waals surface area contributed by atoms with Crippen molar-refractivity contribution in [1.82, 2.24) is 5.32 Å². The third kappa shape index (κ3) is 3.97. The second kappa shape index (κ2) is 7.63. The first-order valence-corrected chi connectivity index (χ1v) is 8.72. The molecular weight excluding hydrogens is 400 g/mol. The Morgan fingerprint density at radius 3 is 2.60 bits per heavy atom. The number of thiocarbonyl (C=S) groups is 1. The van der Waals surface area contributed by atoms with Crippen molar-refractivity contribution in [2.75, 3.05) is 12.4 Å². The summed E-state index contributed by atoms with van der Waals surface area (Å²) < 4.78 is 5.99. The van der Waals surface area contributed by atoms with Crippen molar-refractivity contribution in [2.45, 2.75) is 0 Å². The van der Waals surface area contributed by atoms with Gasteiger partial charge in [0, 0.05) is 11.3 Å². The summed E-state index contributed by atoms with van der Waals surface area (Å²) >= 11 is 8.67. The predicted molar refractivity (Wildman–Crippen MR) is 108 cm³/mol. The van der Waals surface area contributed by atoms with Crippen LogP contribution >= 0.6 is 28.1 Å². The molecule has 0 heterocycles. The summed E-state index contributed by atoms with van der Waals surface area (Å²) in [5.74, 6) is 0.470. The van der Waals surface area contributed by atoms with Gasteiger partial charge in [-0.1, -0.05) is 36.4 Å². The molecule has 126 valence electrons. The van der Waals surface area contributed by atoms with E-state index >= 15 is 0 Å². The van der Waals surface area contributed by atoms with Crippen LogP contribution in [0.1, 0.15) is 10.4 Å². The fourth-order valence-corrected chi connectivity index (χ4v) is 3.25. The predicted octanol–water partition coefficient (Wildman–Crippen LogP) is 4.74. The van der Waals surface area contributed by atoms with Gasteiger partial charge >= 0.3 is 0 Å². The second-order valence-electron chi connectivity index (χ2n) is 5.28. The smallest absolute Gasteiger partial charge is 0.258 e. The number of halogens is 1. The second-order valence-corrected chi connectivity index (χ2v) is 6.55. The number of hydrogen-bond donors (Lipinski definition) is 2. The van der Waals surface area contributed by atoms with Crippen LogP contribution in [0, 0.1) is 0 Å². The molecule has 0 spiro atoms. The van der Waals surface area contributed by atoms with Gasteiger partial charge in [0.15, 0.2) is 5.11 Å². The van der Waals surface area contributed by atoms with Gasteiger partial charge in [-0.15, -0.1) is 0 Å². The molecular formula is C19H15BrN2O2S. The van der Waals surface area contributed by atoms with Crippen LogP contribution in [0.25, 0.3) is 10.8 Å². The van der Waals surface area contributed by atoms with E-state index in [2.05, 4.69) is 26.6 Å². The number of carbonyl (C=O) groups excluding carboxylic acids is 1. The first kappa shape index (κ1) is 17.4. The number of ether oxygens (including phenoxy) is 1. The van der Waals surface area contributed by atoms with E-state index in [1.165, 1.54) is 0 Å². The van der Waals surface area contributed by atoms with Gasteiger partial charge in [-0.2, -0.15) is 0 Å². The molecule has 0 aliphatic carbocycles. The molecule has 3 rings (SSSR count). The minimum Gasteiger partial charge on any atom is -0.496 e. The maximum Gasteiger partial charge on any atom is 0.258 e. The van der Waals surface area contributed by atoms with Crippen molar-refractivity contribution in [3.8, 4) is 5.75 Å². The van der Waals surface area contributed by atoms with E-state index in [0.717, 1.165) is 26.7 Å². The Bertz CT molecular complexity index is 954. The van der Waals surface area contributed by atoms with Crippen LogP contribution in [0.2, 0.25) is 0 Å². The Balaban J connectivity index is 1.74. The number of methoxy groups -OCH3 is 1. The van der Waals surface area contributed by atoms with Gasteiger partial charge in [0.1, 0.15) is 5.75 Å².